The summed E-state index contributed by atoms with van der Waals surface area (Å²) in [7, 11) is 0. The number of para-hydroxylation sites is 2. The van der Waals surface area contributed by atoms with E-state index < -0.39 is 5.41 Å². The van der Waals surface area contributed by atoms with Gasteiger partial charge < -0.3 is 9.47 Å². The van der Waals surface area contributed by atoms with Gasteiger partial charge in [-0.25, -0.2) is 0 Å². The normalized spacial score (nSPS) is 14.3. The van der Waals surface area contributed by atoms with Gasteiger partial charge in [-0.05, 0) is 104 Å². The number of aromatic nitrogens is 1. The third-order valence-corrected chi connectivity index (χ3v) is 12.8. The second kappa shape index (κ2) is 14.1. The van der Waals surface area contributed by atoms with Crippen molar-refractivity contribution in [3.63, 3.8) is 0 Å². The maximum atomic E-state index is 2.47. The van der Waals surface area contributed by atoms with Gasteiger partial charge in [0.05, 0.1) is 16.4 Å². The summed E-state index contributed by atoms with van der Waals surface area (Å²) in [5, 5.41) is 4.95. The molecule has 0 amide bonds. The number of benzene rings is 10. The van der Waals surface area contributed by atoms with Crippen LogP contribution in [0.3, 0.4) is 0 Å². The Morgan fingerprint density at radius 2 is 0.951 bits per heavy atom. The molecule has 0 bridgehead atoms. The lowest BCUT2D eigenvalue weighted by atomic mass is 9.67. The molecule has 2 nitrogen and oxygen atoms in total. The predicted octanol–water partition coefficient (Wildman–Crippen LogP) is 15.4. The maximum Gasteiger partial charge on any atom is 0.0714 e. The van der Waals surface area contributed by atoms with Crippen molar-refractivity contribution >= 4 is 49.6 Å². The average molecular weight is 777 g/mol. The third kappa shape index (κ3) is 5.43. The van der Waals surface area contributed by atoms with Crippen molar-refractivity contribution in [2.75, 3.05) is 4.90 Å². The molecule has 1 aliphatic carbocycles. The van der Waals surface area contributed by atoms with Crippen LogP contribution < -0.4 is 4.90 Å². The molecule has 11 aromatic rings. The maximum absolute atomic E-state index is 2.47. The molecule has 1 aliphatic rings. The van der Waals surface area contributed by atoms with Crippen LogP contribution in [0.5, 0.6) is 0 Å². The summed E-state index contributed by atoms with van der Waals surface area (Å²) in [5.41, 5.74) is 16.3. The third-order valence-electron chi connectivity index (χ3n) is 12.8. The first-order chi connectivity index (χ1) is 30.3. The number of rotatable bonds is 7. The highest BCUT2D eigenvalue weighted by Gasteiger charge is 2.46. The Kier molecular flexibility index (Phi) is 8.11. The summed E-state index contributed by atoms with van der Waals surface area (Å²) in [5.74, 6) is 0. The molecule has 0 radical (unpaired) electrons. The van der Waals surface area contributed by atoms with Gasteiger partial charge in [-0.1, -0.05) is 188 Å². The Morgan fingerprint density at radius 3 is 1.77 bits per heavy atom. The van der Waals surface area contributed by atoms with E-state index in [4.69, 9.17) is 0 Å². The van der Waals surface area contributed by atoms with E-state index in [2.05, 4.69) is 252 Å². The van der Waals surface area contributed by atoms with E-state index in [0.717, 1.165) is 22.7 Å². The SMILES string of the molecule is c1ccc(-c2cccc(C3(c4ccccc4)c4ccccc4-c4ccc(N(c5ccccc5)c5ccc6c7ccc8ccccc8c7n(-c7ccccc7)c6c5)cc43)c2)cc1. The van der Waals surface area contributed by atoms with Crippen LogP contribution in [0.25, 0.3) is 60.5 Å². The second-order valence-electron chi connectivity index (χ2n) is 16.1. The van der Waals surface area contributed by atoms with Gasteiger partial charge in [0, 0.05) is 38.9 Å². The molecule has 286 valence electrons. The fraction of sp³-hybridized carbons (Fsp3) is 0.0169. The van der Waals surface area contributed by atoms with E-state index in [9.17, 15) is 0 Å². The molecule has 0 aliphatic heterocycles. The lowest BCUT2D eigenvalue weighted by Crippen LogP contribution is -2.29. The van der Waals surface area contributed by atoms with Gasteiger partial charge in [-0.15, -0.1) is 0 Å². The number of hydrogen-bond acceptors (Lipinski definition) is 1. The molecule has 1 atom stereocenters. The number of anilines is 3. The Balaban J connectivity index is 1.13. The zero-order valence-corrected chi connectivity index (χ0v) is 33.5. The fourth-order valence-corrected chi connectivity index (χ4v) is 10.2. The van der Waals surface area contributed by atoms with Crippen LogP contribution in [-0.2, 0) is 5.41 Å². The molecule has 0 fully saturated rings. The Morgan fingerprint density at radius 1 is 0.344 bits per heavy atom. The van der Waals surface area contributed by atoms with E-state index >= 15 is 0 Å². The molecule has 0 N–H and O–H groups in total. The molecule has 10 aromatic carbocycles. The summed E-state index contributed by atoms with van der Waals surface area (Å²) < 4.78 is 2.46. The van der Waals surface area contributed by atoms with Gasteiger partial charge >= 0.3 is 0 Å². The summed E-state index contributed by atoms with van der Waals surface area (Å²) in [6.07, 6.45) is 0. The van der Waals surface area contributed by atoms with Crippen molar-refractivity contribution in [3.8, 4) is 27.9 Å². The molecular weight excluding hydrogens is 737 g/mol. The fourth-order valence-electron chi connectivity index (χ4n) is 10.2. The van der Waals surface area contributed by atoms with Crippen LogP contribution in [0.15, 0.2) is 243 Å². The minimum atomic E-state index is -0.568. The molecule has 1 aromatic heterocycles. The molecule has 12 rings (SSSR count). The smallest absolute Gasteiger partial charge is 0.0714 e. The van der Waals surface area contributed by atoms with Gasteiger partial charge in [0.1, 0.15) is 0 Å². The lowest BCUT2D eigenvalue weighted by Gasteiger charge is -2.35. The van der Waals surface area contributed by atoms with E-state index in [0.29, 0.717) is 0 Å². The summed E-state index contributed by atoms with van der Waals surface area (Å²) in [6, 6.07) is 89.1. The highest BCUT2D eigenvalue weighted by atomic mass is 15.1. The van der Waals surface area contributed by atoms with Crippen molar-refractivity contribution < 1.29 is 0 Å². The minimum Gasteiger partial charge on any atom is -0.310 e. The standard InChI is InChI=1S/C59H40N2/c1-5-18-41(19-6-1)43-21-17-24-45(38-43)59(44-22-7-2-8-23-44)55-31-16-15-30-51(55)52-36-33-48(39-56(52)59)60(46-25-9-3-10-26-46)49-34-37-53-54-35-32-42-20-13-14-29-50(42)58(54)61(57(53)40-49)47-27-11-4-12-28-47/h1-40H. The number of fused-ring (bicyclic) bond motifs is 8. The summed E-state index contributed by atoms with van der Waals surface area (Å²) >= 11 is 0. The molecule has 1 unspecified atom stereocenters. The van der Waals surface area contributed by atoms with E-state index in [1.165, 1.54) is 77.1 Å². The first kappa shape index (κ1) is 35.0. The Labute approximate surface area is 355 Å². The van der Waals surface area contributed by atoms with Crippen molar-refractivity contribution in [2.24, 2.45) is 0 Å². The zero-order valence-electron chi connectivity index (χ0n) is 33.5. The molecule has 0 saturated heterocycles. The van der Waals surface area contributed by atoms with Crippen LogP contribution in [0.2, 0.25) is 0 Å². The summed E-state index contributed by atoms with van der Waals surface area (Å²) in [6.45, 7) is 0. The zero-order chi connectivity index (χ0) is 40.3. The molecular formula is C59H40N2. The largest absolute Gasteiger partial charge is 0.310 e. The monoisotopic (exact) mass is 776 g/mol. The molecule has 0 saturated carbocycles. The highest BCUT2D eigenvalue weighted by molar-refractivity contribution is 6.19. The topological polar surface area (TPSA) is 8.17 Å². The van der Waals surface area contributed by atoms with Crippen molar-refractivity contribution in [1.82, 2.24) is 4.57 Å². The van der Waals surface area contributed by atoms with Crippen LogP contribution in [0.4, 0.5) is 17.1 Å². The molecule has 2 heteroatoms. The highest BCUT2D eigenvalue weighted by Crippen LogP contribution is 2.57. The van der Waals surface area contributed by atoms with Crippen LogP contribution in [0, 0.1) is 0 Å². The van der Waals surface area contributed by atoms with E-state index in [1.807, 2.05) is 0 Å². The lowest BCUT2D eigenvalue weighted by molar-refractivity contribution is 0.769. The first-order valence-electron chi connectivity index (χ1n) is 21.1. The van der Waals surface area contributed by atoms with Gasteiger partial charge in [-0.3, -0.25) is 0 Å². The minimum absolute atomic E-state index is 0.568. The molecule has 1 heterocycles. The van der Waals surface area contributed by atoms with E-state index in [-0.39, 0.29) is 0 Å². The average Bonchev–Trinajstić information content (AvgIpc) is 3.83. The van der Waals surface area contributed by atoms with Crippen LogP contribution >= 0.6 is 0 Å². The number of nitrogens with zero attached hydrogens (tertiary/aromatic N) is 2. The first-order valence-corrected chi connectivity index (χ1v) is 21.1. The second-order valence-corrected chi connectivity index (χ2v) is 16.1. The molecule has 61 heavy (non-hydrogen) atoms. The van der Waals surface area contributed by atoms with Gasteiger partial charge in [-0.2, -0.15) is 0 Å². The molecule has 0 spiro atoms. The van der Waals surface area contributed by atoms with Gasteiger partial charge in [0.15, 0.2) is 0 Å². The van der Waals surface area contributed by atoms with Gasteiger partial charge in [0.25, 0.3) is 0 Å². The van der Waals surface area contributed by atoms with E-state index in [1.54, 1.807) is 0 Å². The Bertz CT molecular complexity index is 3410. The van der Waals surface area contributed by atoms with Crippen molar-refractivity contribution in [1.29, 1.82) is 0 Å². The Hall–Kier alpha value is -7.94. The number of hydrogen-bond donors (Lipinski definition) is 0. The van der Waals surface area contributed by atoms with Crippen molar-refractivity contribution in [2.45, 2.75) is 5.41 Å². The quantitative estimate of drug-likeness (QED) is 0.156. The predicted molar refractivity (Wildman–Crippen MR) is 256 cm³/mol. The summed E-state index contributed by atoms with van der Waals surface area (Å²) in [4.78, 5) is 2.43. The van der Waals surface area contributed by atoms with Crippen LogP contribution in [0.1, 0.15) is 22.3 Å². The van der Waals surface area contributed by atoms with Crippen LogP contribution in [-0.4, -0.2) is 4.57 Å². The van der Waals surface area contributed by atoms with Gasteiger partial charge in [0.2, 0.25) is 0 Å². The van der Waals surface area contributed by atoms with Crippen molar-refractivity contribution in [3.05, 3.63) is 265 Å².